The third-order valence-electron chi connectivity index (χ3n) is 4.02. The predicted molar refractivity (Wildman–Crippen MR) is 105 cm³/mol. The van der Waals surface area contributed by atoms with E-state index in [1.807, 2.05) is 18.2 Å². The van der Waals surface area contributed by atoms with E-state index in [0.29, 0.717) is 5.69 Å². The van der Waals surface area contributed by atoms with Crippen molar-refractivity contribution in [1.82, 2.24) is 5.32 Å². The van der Waals surface area contributed by atoms with Gasteiger partial charge in [-0.2, -0.15) is 0 Å². The highest BCUT2D eigenvalue weighted by atomic mass is 79.9. The Balaban J connectivity index is 1.75. The van der Waals surface area contributed by atoms with Crippen molar-refractivity contribution in [2.45, 2.75) is 6.04 Å². The summed E-state index contributed by atoms with van der Waals surface area (Å²) in [6, 6.07) is 18.9. The molecule has 2 N–H and O–H groups in total. The second-order valence-electron chi connectivity index (χ2n) is 5.95. The quantitative estimate of drug-likeness (QED) is 0.574. The summed E-state index contributed by atoms with van der Waals surface area (Å²) in [5.41, 5.74) is 2.22. The molecule has 0 unspecified atom stereocenters. The Morgan fingerprint density at radius 2 is 1.37 bits per heavy atom. The fourth-order valence-electron chi connectivity index (χ4n) is 2.69. The Kier molecular flexibility index (Phi) is 6.32. The van der Waals surface area contributed by atoms with Gasteiger partial charge in [-0.05, 0) is 63.5 Å². The van der Waals surface area contributed by atoms with E-state index >= 15 is 0 Å². The predicted octanol–water partition coefficient (Wildman–Crippen LogP) is 5.05. The fourth-order valence-corrected chi connectivity index (χ4v) is 3.07. The van der Waals surface area contributed by atoms with Crippen molar-refractivity contribution in [1.29, 1.82) is 0 Å². The third kappa shape index (κ3) is 5.21. The van der Waals surface area contributed by atoms with Gasteiger partial charge in [-0.15, -0.1) is 0 Å². The van der Waals surface area contributed by atoms with E-state index in [1.165, 1.54) is 24.3 Å². The average molecular weight is 431 g/mol. The van der Waals surface area contributed by atoms with Gasteiger partial charge >= 0.3 is 0 Å². The van der Waals surface area contributed by atoms with Gasteiger partial charge in [0.25, 0.3) is 0 Å². The molecule has 0 saturated carbocycles. The van der Waals surface area contributed by atoms with Gasteiger partial charge in [-0.1, -0.05) is 36.4 Å². The van der Waals surface area contributed by atoms with Gasteiger partial charge in [-0.25, -0.2) is 8.78 Å². The van der Waals surface area contributed by atoms with Crippen molar-refractivity contribution in [3.63, 3.8) is 0 Å². The van der Waals surface area contributed by atoms with Gasteiger partial charge < -0.3 is 5.32 Å². The first-order valence-corrected chi connectivity index (χ1v) is 9.11. The molecular formula is C21H17BrF2N2O. The maximum Gasteiger partial charge on any atom is 0.238 e. The molecule has 138 valence electrons. The van der Waals surface area contributed by atoms with Crippen molar-refractivity contribution in [3.8, 4) is 0 Å². The zero-order valence-corrected chi connectivity index (χ0v) is 15.8. The summed E-state index contributed by atoms with van der Waals surface area (Å²) in [4.78, 5) is 12.3. The van der Waals surface area contributed by atoms with Gasteiger partial charge in [0.05, 0.1) is 18.3 Å². The standard InChI is InChI=1S/C21H17BrF2N2O/c22-18-3-1-2-4-19(18)26-20(27)13-25-21(14-5-9-16(23)10-6-14)15-7-11-17(24)12-8-15/h1-12,21,25H,13H2,(H,26,27). The van der Waals surface area contributed by atoms with Crippen LogP contribution in [0.25, 0.3) is 0 Å². The van der Waals surface area contributed by atoms with Gasteiger partial charge in [0.15, 0.2) is 0 Å². The van der Waals surface area contributed by atoms with E-state index in [9.17, 15) is 13.6 Å². The molecular weight excluding hydrogens is 414 g/mol. The van der Waals surface area contributed by atoms with Crippen molar-refractivity contribution in [2.75, 3.05) is 11.9 Å². The molecule has 3 nitrogen and oxygen atoms in total. The first-order chi connectivity index (χ1) is 13.0. The highest BCUT2D eigenvalue weighted by molar-refractivity contribution is 9.10. The SMILES string of the molecule is O=C(CNC(c1ccc(F)cc1)c1ccc(F)cc1)Nc1ccccc1Br. The molecule has 3 rings (SSSR count). The van der Waals surface area contributed by atoms with E-state index in [2.05, 4.69) is 26.6 Å². The van der Waals surface area contributed by atoms with Crippen LogP contribution in [0.2, 0.25) is 0 Å². The Morgan fingerprint density at radius 3 is 1.89 bits per heavy atom. The van der Waals surface area contributed by atoms with E-state index in [-0.39, 0.29) is 30.1 Å². The monoisotopic (exact) mass is 430 g/mol. The minimum absolute atomic E-state index is 0.0285. The summed E-state index contributed by atoms with van der Waals surface area (Å²) >= 11 is 3.39. The number of hydrogen-bond acceptors (Lipinski definition) is 2. The van der Waals surface area contributed by atoms with Gasteiger partial charge in [0.2, 0.25) is 5.91 Å². The summed E-state index contributed by atoms with van der Waals surface area (Å²) < 4.78 is 27.3. The number of halogens is 3. The number of anilines is 1. The fraction of sp³-hybridized carbons (Fsp3) is 0.0952. The normalized spacial score (nSPS) is 10.8. The zero-order chi connectivity index (χ0) is 19.2. The largest absolute Gasteiger partial charge is 0.324 e. The second-order valence-corrected chi connectivity index (χ2v) is 6.80. The average Bonchev–Trinajstić information content (AvgIpc) is 2.66. The highest BCUT2D eigenvalue weighted by Gasteiger charge is 2.16. The van der Waals surface area contributed by atoms with Crippen LogP contribution in [0.15, 0.2) is 77.3 Å². The molecule has 27 heavy (non-hydrogen) atoms. The number of carbonyl (C=O) groups is 1. The minimum atomic E-state index is -0.379. The van der Waals surface area contributed by atoms with Crippen LogP contribution >= 0.6 is 15.9 Å². The first-order valence-electron chi connectivity index (χ1n) is 8.31. The maximum absolute atomic E-state index is 13.3. The summed E-state index contributed by atoms with van der Waals surface area (Å²) in [6.45, 7) is 0.0285. The molecule has 0 radical (unpaired) electrons. The zero-order valence-electron chi connectivity index (χ0n) is 14.3. The van der Waals surface area contributed by atoms with Crippen LogP contribution in [-0.4, -0.2) is 12.5 Å². The van der Waals surface area contributed by atoms with Crippen LogP contribution in [0.3, 0.4) is 0 Å². The lowest BCUT2D eigenvalue weighted by atomic mass is 9.98. The highest BCUT2D eigenvalue weighted by Crippen LogP contribution is 2.23. The number of carbonyl (C=O) groups excluding carboxylic acids is 1. The van der Waals surface area contributed by atoms with Crippen molar-refractivity contribution >= 4 is 27.5 Å². The minimum Gasteiger partial charge on any atom is -0.324 e. The smallest absolute Gasteiger partial charge is 0.238 e. The van der Waals surface area contributed by atoms with E-state index < -0.39 is 0 Å². The number of amides is 1. The van der Waals surface area contributed by atoms with E-state index in [0.717, 1.165) is 15.6 Å². The molecule has 6 heteroatoms. The third-order valence-corrected chi connectivity index (χ3v) is 4.71. The number of rotatable bonds is 6. The second kappa shape index (κ2) is 8.88. The summed E-state index contributed by atoms with van der Waals surface area (Å²) in [5, 5.41) is 5.98. The van der Waals surface area contributed by atoms with Crippen LogP contribution in [0.1, 0.15) is 17.2 Å². The molecule has 0 bridgehead atoms. The maximum atomic E-state index is 13.3. The Morgan fingerprint density at radius 1 is 0.852 bits per heavy atom. The molecule has 3 aromatic carbocycles. The van der Waals surface area contributed by atoms with Crippen LogP contribution < -0.4 is 10.6 Å². The number of para-hydroxylation sites is 1. The molecule has 3 aromatic rings. The van der Waals surface area contributed by atoms with Crippen molar-refractivity contribution < 1.29 is 13.6 Å². The summed E-state index contributed by atoms with van der Waals surface area (Å²) in [7, 11) is 0. The molecule has 0 aliphatic rings. The van der Waals surface area contributed by atoms with Crippen molar-refractivity contribution in [3.05, 3.63) is 100 Å². The summed E-state index contributed by atoms with van der Waals surface area (Å²) in [6.07, 6.45) is 0. The summed E-state index contributed by atoms with van der Waals surface area (Å²) in [5.74, 6) is -0.914. The van der Waals surface area contributed by atoms with E-state index in [4.69, 9.17) is 0 Å². The molecule has 0 atom stereocenters. The molecule has 0 aromatic heterocycles. The molecule has 0 spiro atoms. The molecule has 0 fully saturated rings. The molecule has 0 aliphatic carbocycles. The topological polar surface area (TPSA) is 41.1 Å². The van der Waals surface area contributed by atoms with Crippen LogP contribution in [0.4, 0.5) is 14.5 Å². The lowest BCUT2D eigenvalue weighted by molar-refractivity contribution is -0.115. The Bertz CT molecular complexity index is 869. The van der Waals surface area contributed by atoms with Crippen molar-refractivity contribution in [2.24, 2.45) is 0 Å². The Hall–Kier alpha value is -2.57. The van der Waals surface area contributed by atoms with Gasteiger partial charge in [0.1, 0.15) is 11.6 Å². The van der Waals surface area contributed by atoms with Gasteiger partial charge in [0, 0.05) is 4.47 Å². The number of nitrogens with one attached hydrogen (secondary N) is 2. The van der Waals surface area contributed by atoms with E-state index in [1.54, 1.807) is 30.3 Å². The number of benzene rings is 3. The van der Waals surface area contributed by atoms with Crippen LogP contribution in [0, 0.1) is 11.6 Å². The molecule has 0 aliphatic heterocycles. The first kappa shape index (κ1) is 19.2. The Labute approximate surface area is 164 Å². The van der Waals surface area contributed by atoms with Gasteiger partial charge in [-0.3, -0.25) is 10.1 Å². The van der Waals surface area contributed by atoms with Crippen LogP contribution in [-0.2, 0) is 4.79 Å². The molecule has 1 amide bonds. The number of hydrogen-bond donors (Lipinski definition) is 2. The molecule has 0 saturated heterocycles. The lowest BCUT2D eigenvalue weighted by Crippen LogP contribution is -2.32. The molecule has 0 heterocycles. The van der Waals surface area contributed by atoms with Crippen LogP contribution in [0.5, 0.6) is 0 Å². The lowest BCUT2D eigenvalue weighted by Gasteiger charge is -2.20.